The van der Waals surface area contributed by atoms with E-state index in [1.807, 2.05) is 25.1 Å². The highest BCUT2D eigenvalue weighted by molar-refractivity contribution is 5.79. The van der Waals surface area contributed by atoms with Gasteiger partial charge in [0.2, 0.25) is 0 Å². The van der Waals surface area contributed by atoms with Crippen LogP contribution >= 0.6 is 0 Å². The lowest BCUT2D eigenvalue weighted by Gasteiger charge is -2.19. The van der Waals surface area contributed by atoms with Crippen LogP contribution in [0.1, 0.15) is 25.3 Å². The van der Waals surface area contributed by atoms with Gasteiger partial charge < -0.3 is 20.1 Å². The SMILES string of the molecule is CN=C(NCC(C)Oc1ccccc1C)NCC1CCCO1. The van der Waals surface area contributed by atoms with Gasteiger partial charge in [-0.3, -0.25) is 4.99 Å². The first kappa shape index (κ1) is 16.6. The van der Waals surface area contributed by atoms with Gasteiger partial charge in [-0.05, 0) is 38.3 Å². The van der Waals surface area contributed by atoms with E-state index in [9.17, 15) is 0 Å². The molecule has 1 aromatic carbocycles. The van der Waals surface area contributed by atoms with E-state index in [1.54, 1.807) is 7.05 Å². The highest BCUT2D eigenvalue weighted by atomic mass is 16.5. The van der Waals surface area contributed by atoms with Gasteiger partial charge in [-0.15, -0.1) is 0 Å². The van der Waals surface area contributed by atoms with Gasteiger partial charge in [0, 0.05) is 20.2 Å². The number of aliphatic imine (C=N–C) groups is 1. The predicted molar refractivity (Wildman–Crippen MR) is 89.6 cm³/mol. The summed E-state index contributed by atoms with van der Waals surface area (Å²) in [5.74, 6) is 1.72. The van der Waals surface area contributed by atoms with E-state index in [2.05, 4.69) is 28.6 Å². The summed E-state index contributed by atoms with van der Waals surface area (Å²) in [6.07, 6.45) is 2.64. The fourth-order valence-electron chi connectivity index (χ4n) is 2.42. The monoisotopic (exact) mass is 305 g/mol. The summed E-state index contributed by atoms with van der Waals surface area (Å²) in [6.45, 7) is 6.47. The minimum Gasteiger partial charge on any atom is -0.489 e. The summed E-state index contributed by atoms with van der Waals surface area (Å²) in [6, 6.07) is 8.06. The molecule has 0 spiro atoms. The van der Waals surface area contributed by atoms with Gasteiger partial charge in [0.1, 0.15) is 11.9 Å². The number of para-hydroxylation sites is 1. The van der Waals surface area contributed by atoms with Crippen LogP contribution in [-0.2, 0) is 4.74 Å². The van der Waals surface area contributed by atoms with Crippen LogP contribution in [0, 0.1) is 6.92 Å². The van der Waals surface area contributed by atoms with E-state index in [-0.39, 0.29) is 6.10 Å². The molecule has 0 bridgehead atoms. The lowest BCUT2D eigenvalue weighted by Crippen LogP contribution is -2.44. The number of hydrogen-bond acceptors (Lipinski definition) is 3. The fraction of sp³-hybridized carbons (Fsp3) is 0.588. The molecule has 2 N–H and O–H groups in total. The van der Waals surface area contributed by atoms with E-state index >= 15 is 0 Å². The van der Waals surface area contributed by atoms with Gasteiger partial charge in [-0.25, -0.2) is 0 Å². The number of ether oxygens (including phenoxy) is 2. The van der Waals surface area contributed by atoms with E-state index in [4.69, 9.17) is 9.47 Å². The summed E-state index contributed by atoms with van der Waals surface area (Å²) < 4.78 is 11.5. The Labute approximate surface area is 133 Å². The Morgan fingerprint density at radius 2 is 2.23 bits per heavy atom. The van der Waals surface area contributed by atoms with Crippen molar-refractivity contribution in [2.45, 2.75) is 38.9 Å². The molecule has 1 aliphatic rings. The van der Waals surface area contributed by atoms with E-state index in [0.29, 0.717) is 12.6 Å². The second-order valence-corrected chi connectivity index (χ2v) is 5.66. The van der Waals surface area contributed by atoms with Crippen molar-refractivity contribution in [1.82, 2.24) is 10.6 Å². The van der Waals surface area contributed by atoms with Gasteiger partial charge in [0.05, 0.1) is 12.6 Å². The van der Waals surface area contributed by atoms with Crippen molar-refractivity contribution >= 4 is 5.96 Å². The molecule has 1 fully saturated rings. The molecule has 0 aromatic heterocycles. The Kier molecular flexibility index (Phi) is 6.52. The second kappa shape index (κ2) is 8.63. The second-order valence-electron chi connectivity index (χ2n) is 5.66. The molecular formula is C17H27N3O2. The summed E-state index contributed by atoms with van der Waals surface area (Å²) in [5, 5.41) is 6.59. The van der Waals surface area contributed by atoms with Crippen LogP contribution in [0.2, 0.25) is 0 Å². The average molecular weight is 305 g/mol. The number of nitrogens with one attached hydrogen (secondary N) is 2. The lowest BCUT2D eigenvalue weighted by atomic mass is 10.2. The van der Waals surface area contributed by atoms with Crippen molar-refractivity contribution in [1.29, 1.82) is 0 Å². The van der Waals surface area contributed by atoms with Gasteiger partial charge in [0.15, 0.2) is 5.96 Å². The van der Waals surface area contributed by atoms with Crippen LogP contribution in [0.3, 0.4) is 0 Å². The minimum atomic E-state index is 0.0578. The molecule has 0 aliphatic carbocycles. The fourth-order valence-corrected chi connectivity index (χ4v) is 2.42. The molecule has 1 aromatic rings. The standard InChI is InChI=1S/C17H27N3O2/c1-13-7-4-5-9-16(13)22-14(2)11-19-17(18-3)20-12-15-8-6-10-21-15/h4-5,7,9,14-15H,6,8,10-12H2,1-3H3,(H2,18,19,20). The molecule has 2 atom stereocenters. The smallest absolute Gasteiger partial charge is 0.191 e. The topological polar surface area (TPSA) is 54.9 Å². The highest BCUT2D eigenvalue weighted by Gasteiger charge is 2.15. The number of benzene rings is 1. The quantitative estimate of drug-likeness (QED) is 0.624. The maximum absolute atomic E-state index is 5.95. The third-order valence-electron chi connectivity index (χ3n) is 3.72. The molecule has 5 heteroatoms. The van der Waals surface area contributed by atoms with Gasteiger partial charge in [0.25, 0.3) is 0 Å². The summed E-state index contributed by atoms with van der Waals surface area (Å²) >= 11 is 0. The Balaban J connectivity index is 1.71. The Hall–Kier alpha value is -1.75. The Morgan fingerprint density at radius 3 is 2.91 bits per heavy atom. The van der Waals surface area contributed by atoms with Gasteiger partial charge in [-0.2, -0.15) is 0 Å². The maximum atomic E-state index is 5.95. The average Bonchev–Trinajstić information content (AvgIpc) is 3.03. The Morgan fingerprint density at radius 1 is 1.41 bits per heavy atom. The van der Waals surface area contributed by atoms with E-state index in [1.165, 1.54) is 0 Å². The first-order valence-corrected chi connectivity index (χ1v) is 7.97. The first-order chi connectivity index (χ1) is 10.7. The number of hydrogen-bond donors (Lipinski definition) is 2. The molecule has 0 radical (unpaired) electrons. The predicted octanol–water partition coefficient (Wildman–Crippen LogP) is 2.11. The minimum absolute atomic E-state index is 0.0578. The molecule has 2 unspecified atom stereocenters. The van der Waals surface area contributed by atoms with Crippen molar-refractivity contribution in [3.63, 3.8) is 0 Å². The van der Waals surface area contributed by atoms with Gasteiger partial charge in [-0.1, -0.05) is 18.2 Å². The molecule has 1 aliphatic heterocycles. The third-order valence-corrected chi connectivity index (χ3v) is 3.72. The van der Waals surface area contributed by atoms with Crippen LogP contribution in [0.5, 0.6) is 5.75 Å². The van der Waals surface area contributed by atoms with Crippen molar-refractivity contribution in [2.75, 3.05) is 26.7 Å². The van der Waals surface area contributed by atoms with Crippen LogP contribution in [0.25, 0.3) is 0 Å². The van der Waals surface area contributed by atoms with Crippen LogP contribution < -0.4 is 15.4 Å². The van der Waals surface area contributed by atoms with Gasteiger partial charge >= 0.3 is 0 Å². The van der Waals surface area contributed by atoms with Crippen molar-refractivity contribution in [3.8, 4) is 5.75 Å². The summed E-state index contributed by atoms with van der Waals surface area (Å²) in [7, 11) is 1.78. The van der Waals surface area contributed by atoms with Crippen LogP contribution in [0.15, 0.2) is 29.3 Å². The highest BCUT2D eigenvalue weighted by Crippen LogP contribution is 2.17. The largest absolute Gasteiger partial charge is 0.489 e. The normalized spacial score (nSPS) is 19.8. The molecule has 0 saturated carbocycles. The maximum Gasteiger partial charge on any atom is 0.191 e. The molecule has 1 saturated heterocycles. The summed E-state index contributed by atoms with van der Waals surface area (Å²) in [4.78, 5) is 4.23. The number of rotatable bonds is 6. The molecule has 122 valence electrons. The zero-order valence-corrected chi connectivity index (χ0v) is 13.8. The van der Waals surface area contributed by atoms with E-state index < -0.39 is 0 Å². The summed E-state index contributed by atoms with van der Waals surface area (Å²) in [5.41, 5.74) is 1.15. The zero-order chi connectivity index (χ0) is 15.8. The van der Waals surface area contributed by atoms with Crippen LogP contribution in [0.4, 0.5) is 0 Å². The zero-order valence-electron chi connectivity index (χ0n) is 13.8. The molecular weight excluding hydrogens is 278 g/mol. The van der Waals surface area contributed by atoms with Crippen molar-refractivity contribution < 1.29 is 9.47 Å². The third kappa shape index (κ3) is 5.22. The first-order valence-electron chi connectivity index (χ1n) is 7.97. The molecule has 1 heterocycles. The lowest BCUT2D eigenvalue weighted by molar-refractivity contribution is 0.113. The van der Waals surface area contributed by atoms with Crippen LogP contribution in [-0.4, -0.2) is 44.9 Å². The molecule has 0 amide bonds. The molecule has 5 nitrogen and oxygen atoms in total. The van der Waals surface area contributed by atoms with E-state index in [0.717, 1.165) is 43.3 Å². The van der Waals surface area contributed by atoms with Crippen molar-refractivity contribution in [2.24, 2.45) is 4.99 Å². The van der Waals surface area contributed by atoms with Crippen molar-refractivity contribution in [3.05, 3.63) is 29.8 Å². The number of aryl methyl sites for hydroxylation is 1. The molecule has 2 rings (SSSR count). The number of nitrogens with zero attached hydrogens (tertiary/aromatic N) is 1. The number of guanidine groups is 1. The Bertz CT molecular complexity index is 485. The molecule has 22 heavy (non-hydrogen) atoms.